The van der Waals surface area contributed by atoms with Crippen molar-refractivity contribution in [3.05, 3.63) is 23.9 Å². The van der Waals surface area contributed by atoms with E-state index < -0.39 is 11.5 Å². The molecule has 1 fully saturated rings. The van der Waals surface area contributed by atoms with Gasteiger partial charge in [0.2, 0.25) is 0 Å². The van der Waals surface area contributed by atoms with Gasteiger partial charge in [0.05, 0.1) is 0 Å². The van der Waals surface area contributed by atoms with Crippen molar-refractivity contribution in [2.24, 2.45) is 0 Å². The number of carbonyl (C=O) groups is 2. The fourth-order valence-electron chi connectivity index (χ4n) is 2.02. The molecule has 102 valence electrons. The first kappa shape index (κ1) is 13.3. The van der Waals surface area contributed by atoms with Crippen molar-refractivity contribution >= 4 is 17.7 Å². The summed E-state index contributed by atoms with van der Waals surface area (Å²) in [6, 6.07) is 3.22. The third-order valence-electron chi connectivity index (χ3n) is 3.44. The van der Waals surface area contributed by atoms with Gasteiger partial charge in [0.25, 0.3) is 5.91 Å². The number of pyridine rings is 1. The van der Waals surface area contributed by atoms with E-state index in [1.54, 1.807) is 23.2 Å². The Balaban J connectivity index is 2.16. The highest BCUT2D eigenvalue weighted by atomic mass is 16.4. The van der Waals surface area contributed by atoms with E-state index in [4.69, 9.17) is 0 Å². The van der Waals surface area contributed by atoms with Crippen LogP contribution in [0.3, 0.4) is 0 Å². The maximum absolute atomic E-state index is 12.1. The second-order valence-electron chi connectivity index (χ2n) is 4.99. The number of nitrogens with zero attached hydrogens (tertiary/aromatic N) is 2. The number of amides is 1. The zero-order chi connectivity index (χ0) is 14.0. The van der Waals surface area contributed by atoms with Crippen LogP contribution in [0, 0.1) is 0 Å². The van der Waals surface area contributed by atoms with Gasteiger partial charge in [0.1, 0.15) is 11.4 Å². The second kappa shape index (κ2) is 4.87. The predicted octanol–water partition coefficient (Wildman–Crippen LogP) is 0.885. The van der Waals surface area contributed by atoms with Gasteiger partial charge >= 0.3 is 5.97 Å². The summed E-state index contributed by atoms with van der Waals surface area (Å²) in [5.74, 6) is -0.674. The number of carboxylic acids is 1. The molecule has 1 aliphatic rings. The van der Waals surface area contributed by atoms with Crippen LogP contribution in [0.1, 0.15) is 29.6 Å². The molecule has 0 radical (unpaired) electrons. The molecule has 6 heteroatoms. The maximum atomic E-state index is 12.1. The lowest BCUT2D eigenvalue weighted by atomic mass is 9.76. The lowest BCUT2D eigenvalue weighted by Gasteiger charge is -2.38. The fourth-order valence-corrected chi connectivity index (χ4v) is 2.02. The molecular formula is C13H17N3O3. The molecule has 1 amide bonds. The largest absolute Gasteiger partial charge is 0.480 e. The normalized spacial score (nSPS) is 16.3. The molecule has 0 unspecified atom stereocenters. The number of hydrogen-bond acceptors (Lipinski definition) is 4. The van der Waals surface area contributed by atoms with Gasteiger partial charge in [-0.25, -0.2) is 9.78 Å². The minimum atomic E-state index is -1.08. The third kappa shape index (κ3) is 2.52. The summed E-state index contributed by atoms with van der Waals surface area (Å²) in [5, 5.41) is 11.8. The lowest BCUT2D eigenvalue weighted by Crippen LogP contribution is -2.59. The maximum Gasteiger partial charge on any atom is 0.329 e. The molecule has 0 aliphatic heterocycles. The summed E-state index contributed by atoms with van der Waals surface area (Å²) in [4.78, 5) is 29.2. The van der Waals surface area contributed by atoms with Crippen LogP contribution < -0.4 is 10.2 Å². The molecule has 1 heterocycles. The Kier molecular flexibility index (Phi) is 3.42. The second-order valence-corrected chi connectivity index (χ2v) is 4.99. The average molecular weight is 263 g/mol. The predicted molar refractivity (Wildman–Crippen MR) is 70.2 cm³/mol. The Labute approximate surface area is 111 Å². The highest BCUT2D eigenvalue weighted by molar-refractivity contribution is 5.98. The molecule has 1 aliphatic carbocycles. The van der Waals surface area contributed by atoms with Crippen molar-refractivity contribution < 1.29 is 14.7 Å². The summed E-state index contributed by atoms with van der Waals surface area (Å²) < 4.78 is 0. The van der Waals surface area contributed by atoms with Gasteiger partial charge in [-0.15, -0.1) is 0 Å². The van der Waals surface area contributed by atoms with Crippen LogP contribution in [0.25, 0.3) is 0 Å². The monoisotopic (exact) mass is 263 g/mol. The first-order chi connectivity index (χ1) is 8.94. The van der Waals surface area contributed by atoms with E-state index in [0.29, 0.717) is 24.2 Å². The van der Waals surface area contributed by atoms with Gasteiger partial charge in [0.15, 0.2) is 0 Å². The third-order valence-corrected chi connectivity index (χ3v) is 3.44. The summed E-state index contributed by atoms with van der Waals surface area (Å²) >= 11 is 0. The van der Waals surface area contributed by atoms with Crippen LogP contribution in [0.15, 0.2) is 18.3 Å². The van der Waals surface area contributed by atoms with E-state index in [2.05, 4.69) is 10.3 Å². The van der Waals surface area contributed by atoms with Gasteiger partial charge < -0.3 is 15.3 Å². The van der Waals surface area contributed by atoms with Gasteiger partial charge in [0, 0.05) is 25.9 Å². The van der Waals surface area contributed by atoms with E-state index in [0.717, 1.165) is 6.42 Å². The highest BCUT2D eigenvalue weighted by Gasteiger charge is 2.45. The molecular weight excluding hydrogens is 246 g/mol. The van der Waals surface area contributed by atoms with Crippen molar-refractivity contribution in [2.45, 2.75) is 24.8 Å². The topological polar surface area (TPSA) is 82.5 Å². The van der Waals surface area contributed by atoms with Crippen LogP contribution in [0.5, 0.6) is 0 Å². The number of aromatic nitrogens is 1. The van der Waals surface area contributed by atoms with Gasteiger partial charge in [-0.1, -0.05) is 0 Å². The molecule has 2 rings (SSSR count). The number of rotatable bonds is 4. The number of nitrogens with one attached hydrogen (secondary N) is 1. The smallest absolute Gasteiger partial charge is 0.329 e. The molecule has 0 bridgehead atoms. The number of carboxylic acid groups (broad SMARTS) is 1. The summed E-state index contributed by atoms with van der Waals surface area (Å²) in [7, 11) is 3.66. The summed E-state index contributed by atoms with van der Waals surface area (Å²) in [6.45, 7) is 0. The Hall–Kier alpha value is -2.11. The van der Waals surface area contributed by atoms with E-state index in [1.165, 1.54) is 0 Å². The molecule has 19 heavy (non-hydrogen) atoms. The van der Waals surface area contributed by atoms with Crippen molar-refractivity contribution in [3.8, 4) is 0 Å². The number of hydrogen-bond donors (Lipinski definition) is 2. The summed E-state index contributed by atoms with van der Waals surface area (Å²) in [5.41, 5.74) is -0.662. The van der Waals surface area contributed by atoms with Crippen LogP contribution >= 0.6 is 0 Å². The van der Waals surface area contributed by atoms with Gasteiger partial charge in [-0.05, 0) is 31.4 Å². The van der Waals surface area contributed by atoms with E-state index in [1.807, 2.05) is 14.1 Å². The van der Waals surface area contributed by atoms with Crippen molar-refractivity contribution in [2.75, 3.05) is 19.0 Å². The fraction of sp³-hybridized carbons (Fsp3) is 0.462. The molecule has 0 atom stereocenters. The highest BCUT2D eigenvalue weighted by Crippen LogP contribution is 2.32. The van der Waals surface area contributed by atoms with Crippen LogP contribution in [-0.2, 0) is 4.79 Å². The number of carbonyl (C=O) groups excluding carboxylic acids is 1. The molecule has 2 N–H and O–H groups in total. The zero-order valence-corrected chi connectivity index (χ0v) is 11.0. The zero-order valence-electron chi connectivity index (χ0n) is 11.0. The molecule has 1 aromatic heterocycles. The molecule has 6 nitrogen and oxygen atoms in total. The minimum absolute atomic E-state index is 0.368. The molecule has 1 saturated carbocycles. The van der Waals surface area contributed by atoms with Crippen LogP contribution in [-0.4, -0.2) is 41.6 Å². The number of aliphatic carboxylic acids is 1. The molecule has 0 aromatic carbocycles. The van der Waals surface area contributed by atoms with Crippen molar-refractivity contribution in [1.29, 1.82) is 0 Å². The Morgan fingerprint density at radius 3 is 2.58 bits per heavy atom. The quantitative estimate of drug-likeness (QED) is 0.842. The van der Waals surface area contributed by atoms with E-state index >= 15 is 0 Å². The molecule has 0 saturated heterocycles. The molecule has 0 spiro atoms. The van der Waals surface area contributed by atoms with E-state index in [9.17, 15) is 14.7 Å². The Morgan fingerprint density at radius 1 is 1.42 bits per heavy atom. The van der Waals surface area contributed by atoms with Crippen molar-refractivity contribution in [3.63, 3.8) is 0 Å². The van der Waals surface area contributed by atoms with Gasteiger partial charge in [-0.2, -0.15) is 0 Å². The van der Waals surface area contributed by atoms with Crippen LogP contribution in [0.4, 0.5) is 5.82 Å². The number of anilines is 1. The van der Waals surface area contributed by atoms with Crippen LogP contribution in [0.2, 0.25) is 0 Å². The standard InChI is InChI=1S/C13H17N3O3/c1-16(2)10-8-9(4-7-14-10)11(17)15-13(12(18)19)5-3-6-13/h4,7-8H,3,5-6H2,1-2H3,(H,15,17)(H,18,19). The van der Waals surface area contributed by atoms with Gasteiger partial charge in [-0.3, -0.25) is 4.79 Å². The molecule has 1 aromatic rings. The first-order valence-electron chi connectivity index (χ1n) is 6.14. The Morgan fingerprint density at radius 2 is 2.11 bits per heavy atom. The van der Waals surface area contributed by atoms with E-state index in [-0.39, 0.29) is 5.91 Å². The lowest BCUT2D eigenvalue weighted by molar-refractivity contribution is -0.148. The first-order valence-corrected chi connectivity index (χ1v) is 6.14. The summed E-state index contributed by atoms with van der Waals surface area (Å²) in [6.07, 6.45) is 3.34. The average Bonchev–Trinajstić information content (AvgIpc) is 2.33. The Bertz CT molecular complexity index is 510. The minimum Gasteiger partial charge on any atom is -0.480 e. The van der Waals surface area contributed by atoms with Crippen molar-refractivity contribution in [1.82, 2.24) is 10.3 Å². The SMILES string of the molecule is CN(C)c1cc(C(=O)NC2(C(=O)O)CCC2)ccn1.